The lowest BCUT2D eigenvalue weighted by Gasteiger charge is -2.20. The Balaban J connectivity index is 3.52. The van der Waals surface area contributed by atoms with E-state index in [1.54, 1.807) is 6.08 Å². The van der Waals surface area contributed by atoms with Gasteiger partial charge in [-0.15, -0.1) is 0 Å². The summed E-state index contributed by atoms with van der Waals surface area (Å²) in [6, 6.07) is -0.621. The molecule has 0 radical (unpaired) electrons. The van der Waals surface area contributed by atoms with E-state index < -0.39 is 12.1 Å². The van der Waals surface area contributed by atoms with E-state index in [1.165, 1.54) is 218 Å². The van der Waals surface area contributed by atoms with Gasteiger partial charge in [-0.1, -0.05) is 237 Å². The van der Waals surface area contributed by atoms with E-state index >= 15 is 0 Å². The summed E-state index contributed by atoms with van der Waals surface area (Å²) in [6.45, 7) is 4.33. The average Bonchev–Trinajstić information content (AvgIpc) is 3.16. The molecule has 0 aromatic heterocycles. The van der Waals surface area contributed by atoms with Crippen LogP contribution in [0.5, 0.6) is 0 Å². The van der Waals surface area contributed by atoms with Gasteiger partial charge in [0, 0.05) is 6.42 Å². The highest BCUT2D eigenvalue weighted by molar-refractivity contribution is 5.76. The number of rotatable bonds is 44. The third kappa shape index (κ3) is 41.9. The van der Waals surface area contributed by atoms with Crippen molar-refractivity contribution in [1.29, 1.82) is 0 Å². The number of allylic oxidation sites excluding steroid dienone is 3. The van der Waals surface area contributed by atoms with E-state index in [9.17, 15) is 15.0 Å². The highest BCUT2D eigenvalue weighted by Crippen LogP contribution is 2.16. The molecule has 2 unspecified atom stereocenters. The maximum Gasteiger partial charge on any atom is 0.220 e. The molecular weight excluding hydrogens is 651 g/mol. The molecular formula is C49H95NO3. The van der Waals surface area contributed by atoms with E-state index in [0.29, 0.717) is 6.42 Å². The SMILES string of the molecule is CCCCCCCCCCCCCC/C=C\CCCCCCCCCCC(=O)NC(CO)C(O)/C=C/CCCCCCCCCCCCCCCCC. The summed E-state index contributed by atoms with van der Waals surface area (Å²) in [4.78, 5) is 12.4. The lowest BCUT2D eigenvalue weighted by Crippen LogP contribution is -2.45. The molecule has 0 bridgehead atoms. The number of amides is 1. The summed E-state index contributed by atoms with van der Waals surface area (Å²) in [5.41, 5.74) is 0. The Morgan fingerprint density at radius 2 is 0.717 bits per heavy atom. The quantitative estimate of drug-likeness (QED) is 0.0430. The number of hydrogen-bond donors (Lipinski definition) is 3. The average molecular weight is 746 g/mol. The maximum absolute atomic E-state index is 12.4. The van der Waals surface area contributed by atoms with E-state index in [2.05, 4.69) is 31.3 Å². The Labute approximate surface area is 332 Å². The number of hydrogen-bond acceptors (Lipinski definition) is 3. The topological polar surface area (TPSA) is 69.6 Å². The molecule has 3 N–H and O–H groups in total. The predicted octanol–water partition coefficient (Wildman–Crippen LogP) is 15.2. The van der Waals surface area contributed by atoms with Crippen LogP contribution in [0.4, 0.5) is 0 Å². The van der Waals surface area contributed by atoms with Crippen LogP contribution in [0.25, 0.3) is 0 Å². The van der Waals surface area contributed by atoms with Crippen molar-refractivity contribution in [3.8, 4) is 0 Å². The van der Waals surface area contributed by atoms with E-state index in [0.717, 1.165) is 25.7 Å². The van der Waals surface area contributed by atoms with Gasteiger partial charge in [0.1, 0.15) is 0 Å². The molecule has 0 aliphatic carbocycles. The minimum Gasteiger partial charge on any atom is -0.394 e. The monoisotopic (exact) mass is 746 g/mol. The standard InChI is InChI=1S/C49H95NO3/c1-3-5-7-9-11-13-15-17-19-21-22-23-24-25-26-27-29-31-33-35-37-39-41-43-45-49(53)50-47(46-51)48(52)44-42-40-38-36-34-32-30-28-20-18-16-14-12-10-8-6-4-2/h25-26,42,44,47-48,51-52H,3-24,27-41,43,45-46H2,1-2H3,(H,50,53)/b26-25-,44-42+. The van der Waals surface area contributed by atoms with Gasteiger partial charge in [0.15, 0.2) is 0 Å². The normalized spacial score (nSPS) is 13.1. The van der Waals surface area contributed by atoms with Gasteiger partial charge in [-0.2, -0.15) is 0 Å². The minimum atomic E-state index is -0.838. The number of carbonyl (C=O) groups excluding carboxylic acids is 1. The summed E-state index contributed by atoms with van der Waals surface area (Å²) >= 11 is 0. The van der Waals surface area contributed by atoms with Crippen LogP contribution in [0.3, 0.4) is 0 Å². The molecule has 314 valence electrons. The predicted molar refractivity (Wildman–Crippen MR) is 235 cm³/mol. The van der Waals surface area contributed by atoms with Crippen molar-refractivity contribution in [2.45, 2.75) is 276 Å². The highest BCUT2D eigenvalue weighted by atomic mass is 16.3. The highest BCUT2D eigenvalue weighted by Gasteiger charge is 2.18. The Hall–Kier alpha value is -1.13. The second-order valence-corrected chi connectivity index (χ2v) is 16.5. The van der Waals surface area contributed by atoms with Crippen LogP contribution in [-0.4, -0.2) is 34.9 Å². The lowest BCUT2D eigenvalue weighted by molar-refractivity contribution is -0.123. The number of carbonyl (C=O) groups is 1. The molecule has 2 atom stereocenters. The molecule has 1 amide bonds. The summed E-state index contributed by atoms with van der Waals surface area (Å²) in [5.74, 6) is -0.0641. The summed E-state index contributed by atoms with van der Waals surface area (Å²) < 4.78 is 0. The van der Waals surface area contributed by atoms with E-state index in [1.807, 2.05) is 6.08 Å². The Kier molecular flexibility index (Phi) is 44.3. The Bertz CT molecular complexity index is 765. The van der Waals surface area contributed by atoms with Crippen molar-refractivity contribution < 1.29 is 15.0 Å². The van der Waals surface area contributed by atoms with Gasteiger partial charge in [-0.25, -0.2) is 0 Å². The molecule has 4 heteroatoms. The summed E-state index contributed by atoms with van der Waals surface area (Å²) in [7, 11) is 0. The van der Waals surface area contributed by atoms with E-state index in [4.69, 9.17) is 0 Å². The van der Waals surface area contributed by atoms with Gasteiger partial charge in [-0.05, 0) is 44.9 Å². The van der Waals surface area contributed by atoms with Crippen LogP contribution in [0, 0.1) is 0 Å². The number of unbranched alkanes of at least 4 members (excludes halogenated alkanes) is 35. The zero-order valence-corrected chi connectivity index (χ0v) is 36.1. The second-order valence-electron chi connectivity index (χ2n) is 16.5. The van der Waals surface area contributed by atoms with Crippen LogP contribution in [0.15, 0.2) is 24.3 Å². The van der Waals surface area contributed by atoms with Crippen molar-refractivity contribution in [1.82, 2.24) is 5.32 Å². The molecule has 0 rings (SSSR count). The molecule has 0 saturated heterocycles. The Morgan fingerprint density at radius 1 is 0.434 bits per heavy atom. The third-order valence-electron chi connectivity index (χ3n) is 11.2. The summed E-state index contributed by atoms with van der Waals surface area (Å²) in [5, 5.41) is 23.1. The molecule has 0 fully saturated rings. The molecule has 0 spiro atoms. The number of aliphatic hydroxyl groups is 2. The fourth-order valence-electron chi connectivity index (χ4n) is 7.47. The van der Waals surface area contributed by atoms with Crippen LogP contribution >= 0.6 is 0 Å². The van der Waals surface area contributed by atoms with Crippen LogP contribution in [-0.2, 0) is 4.79 Å². The first-order valence-corrected chi connectivity index (χ1v) is 24.1. The largest absolute Gasteiger partial charge is 0.394 e. The number of aliphatic hydroxyl groups excluding tert-OH is 2. The molecule has 0 aromatic rings. The second kappa shape index (κ2) is 45.3. The lowest BCUT2D eigenvalue weighted by atomic mass is 10.0. The first kappa shape index (κ1) is 51.9. The zero-order valence-electron chi connectivity index (χ0n) is 36.1. The van der Waals surface area contributed by atoms with Gasteiger partial charge in [0.2, 0.25) is 5.91 Å². The molecule has 53 heavy (non-hydrogen) atoms. The molecule has 0 saturated carbocycles. The first-order valence-electron chi connectivity index (χ1n) is 24.1. The zero-order chi connectivity index (χ0) is 38.6. The summed E-state index contributed by atoms with van der Waals surface area (Å²) in [6.07, 6.45) is 58.7. The van der Waals surface area contributed by atoms with Crippen molar-refractivity contribution in [3.63, 3.8) is 0 Å². The smallest absolute Gasteiger partial charge is 0.220 e. The van der Waals surface area contributed by atoms with Gasteiger partial charge in [-0.3, -0.25) is 4.79 Å². The maximum atomic E-state index is 12.4. The minimum absolute atomic E-state index is 0.0641. The third-order valence-corrected chi connectivity index (χ3v) is 11.2. The van der Waals surface area contributed by atoms with Gasteiger partial charge < -0.3 is 15.5 Å². The fraction of sp³-hybridized carbons (Fsp3) is 0.898. The van der Waals surface area contributed by atoms with Crippen LogP contribution in [0.2, 0.25) is 0 Å². The van der Waals surface area contributed by atoms with Crippen molar-refractivity contribution >= 4 is 5.91 Å². The molecule has 0 aromatic carbocycles. The van der Waals surface area contributed by atoms with Crippen molar-refractivity contribution in [2.75, 3.05) is 6.61 Å². The van der Waals surface area contributed by atoms with Crippen molar-refractivity contribution in [2.24, 2.45) is 0 Å². The molecule has 0 aliphatic heterocycles. The van der Waals surface area contributed by atoms with Crippen molar-refractivity contribution in [3.05, 3.63) is 24.3 Å². The van der Waals surface area contributed by atoms with Gasteiger partial charge >= 0.3 is 0 Å². The van der Waals surface area contributed by atoms with Crippen LogP contribution in [0.1, 0.15) is 264 Å². The first-order chi connectivity index (χ1) is 26.2. The Morgan fingerprint density at radius 3 is 1.04 bits per heavy atom. The fourth-order valence-corrected chi connectivity index (χ4v) is 7.47. The number of nitrogens with one attached hydrogen (secondary N) is 1. The van der Waals surface area contributed by atoms with E-state index in [-0.39, 0.29) is 12.5 Å². The molecule has 0 aliphatic rings. The van der Waals surface area contributed by atoms with Gasteiger partial charge in [0.25, 0.3) is 0 Å². The van der Waals surface area contributed by atoms with Crippen LogP contribution < -0.4 is 5.32 Å². The molecule has 0 heterocycles. The van der Waals surface area contributed by atoms with Gasteiger partial charge in [0.05, 0.1) is 18.8 Å². The molecule has 4 nitrogen and oxygen atoms in total.